The molecule has 6 rings (SSSR count). The van der Waals surface area contributed by atoms with E-state index in [-0.39, 0.29) is 30.4 Å². The Bertz CT molecular complexity index is 1070. The quantitative estimate of drug-likeness (QED) is 0.589. The van der Waals surface area contributed by atoms with Gasteiger partial charge >= 0.3 is 6.03 Å². The Morgan fingerprint density at radius 2 is 1.55 bits per heavy atom. The molecular formula is C30H45N7O3. The van der Waals surface area contributed by atoms with Crippen LogP contribution < -0.4 is 10.6 Å². The summed E-state index contributed by atoms with van der Waals surface area (Å²) in [5.41, 5.74) is 2.28. The van der Waals surface area contributed by atoms with E-state index < -0.39 is 0 Å². The van der Waals surface area contributed by atoms with Crippen molar-refractivity contribution >= 4 is 23.5 Å². The van der Waals surface area contributed by atoms with E-state index in [0.717, 1.165) is 63.2 Å². The average molecular weight is 552 g/mol. The Kier molecular flexibility index (Phi) is 8.16. The molecule has 5 aliphatic rings. The first kappa shape index (κ1) is 27.3. The molecule has 4 amide bonds. The first-order chi connectivity index (χ1) is 19.5. The number of piperazine rings is 1. The number of nitrogens with zero attached hydrogens (tertiary/aromatic N) is 5. The summed E-state index contributed by atoms with van der Waals surface area (Å²) in [6.45, 7) is 5.57. The van der Waals surface area contributed by atoms with Gasteiger partial charge in [0, 0.05) is 75.7 Å². The van der Waals surface area contributed by atoms with Crippen LogP contribution in [0.5, 0.6) is 0 Å². The van der Waals surface area contributed by atoms with Crippen molar-refractivity contribution in [3.8, 4) is 0 Å². The maximum absolute atomic E-state index is 12.9. The number of amides is 4. The minimum atomic E-state index is -0.179. The molecule has 40 heavy (non-hydrogen) atoms. The van der Waals surface area contributed by atoms with Crippen LogP contribution in [-0.4, -0.2) is 132 Å². The standard InChI is InChI=1S/C30H45N7O3/c1-33-24-6-7-25(33)19-26(18-24)34-14-16-35(17-15-34)28(38)20-32-30(40)36-11-9-23(10-12-36)37-13-8-22-4-2-3-5-27(22)31-21-29(37)39/h2-5,23-26,31H,6-21H2,1H3,(H,32,40). The fourth-order valence-corrected chi connectivity index (χ4v) is 7.71. The SMILES string of the molecule is CN1C2CCC1CC(N1CCN(C(=O)CNC(=O)N3CCC(N4CCc5ccccc5NCC4=O)CC3)CC1)C2. The molecule has 1 aromatic carbocycles. The molecule has 10 heteroatoms. The molecule has 0 spiro atoms. The van der Waals surface area contributed by atoms with E-state index in [1.165, 1.54) is 31.2 Å². The number of urea groups is 1. The first-order valence-corrected chi connectivity index (χ1v) is 15.3. The number of piperidine rings is 2. The van der Waals surface area contributed by atoms with Crippen LogP contribution in [0.3, 0.4) is 0 Å². The van der Waals surface area contributed by atoms with Crippen LogP contribution >= 0.6 is 0 Å². The van der Waals surface area contributed by atoms with Gasteiger partial charge in [0.05, 0.1) is 13.1 Å². The van der Waals surface area contributed by atoms with E-state index in [9.17, 15) is 14.4 Å². The van der Waals surface area contributed by atoms with Crippen LogP contribution in [0.15, 0.2) is 24.3 Å². The highest BCUT2D eigenvalue weighted by Gasteiger charge is 2.41. The van der Waals surface area contributed by atoms with Crippen LogP contribution in [0, 0.1) is 0 Å². The summed E-state index contributed by atoms with van der Waals surface area (Å²) >= 11 is 0. The molecule has 5 aliphatic heterocycles. The van der Waals surface area contributed by atoms with Crippen molar-refractivity contribution in [3.63, 3.8) is 0 Å². The number of anilines is 1. The maximum Gasteiger partial charge on any atom is 0.317 e. The van der Waals surface area contributed by atoms with E-state index >= 15 is 0 Å². The maximum atomic E-state index is 12.9. The van der Waals surface area contributed by atoms with Crippen LogP contribution in [0.1, 0.15) is 44.1 Å². The van der Waals surface area contributed by atoms with Crippen LogP contribution in [0.2, 0.25) is 0 Å². The fraction of sp³-hybridized carbons (Fsp3) is 0.700. The van der Waals surface area contributed by atoms with Gasteiger partial charge in [-0.25, -0.2) is 4.79 Å². The lowest BCUT2D eigenvalue weighted by molar-refractivity contribution is -0.133. The average Bonchev–Trinajstić information content (AvgIpc) is 3.17. The molecule has 0 saturated carbocycles. The number of carbonyl (C=O) groups excluding carboxylic acids is 3. The normalized spacial score (nSPS) is 28.5. The van der Waals surface area contributed by atoms with Gasteiger partial charge in [0.15, 0.2) is 0 Å². The lowest BCUT2D eigenvalue weighted by atomic mass is 9.96. The van der Waals surface area contributed by atoms with Gasteiger partial charge in [-0.1, -0.05) is 18.2 Å². The van der Waals surface area contributed by atoms with Crippen molar-refractivity contribution in [1.29, 1.82) is 0 Å². The van der Waals surface area contributed by atoms with E-state index in [1.807, 2.05) is 28.0 Å². The highest BCUT2D eigenvalue weighted by molar-refractivity contribution is 5.84. The predicted octanol–water partition coefficient (Wildman–Crippen LogP) is 1.43. The number of benzene rings is 1. The van der Waals surface area contributed by atoms with Gasteiger partial charge in [-0.2, -0.15) is 0 Å². The second-order valence-electron chi connectivity index (χ2n) is 12.3. The minimum absolute atomic E-state index is 0.00495. The summed E-state index contributed by atoms with van der Waals surface area (Å²) in [4.78, 5) is 49.5. The largest absolute Gasteiger partial charge is 0.376 e. The number of nitrogens with one attached hydrogen (secondary N) is 2. The van der Waals surface area contributed by atoms with Crippen molar-refractivity contribution < 1.29 is 14.4 Å². The van der Waals surface area contributed by atoms with Crippen molar-refractivity contribution in [2.75, 3.05) is 71.3 Å². The molecule has 5 heterocycles. The molecule has 10 nitrogen and oxygen atoms in total. The van der Waals surface area contributed by atoms with Crippen molar-refractivity contribution in [3.05, 3.63) is 29.8 Å². The second kappa shape index (κ2) is 11.9. The fourth-order valence-electron chi connectivity index (χ4n) is 7.71. The van der Waals surface area contributed by atoms with Gasteiger partial charge in [0.1, 0.15) is 0 Å². The topological polar surface area (TPSA) is 91.5 Å². The molecule has 1 aromatic rings. The molecule has 2 bridgehead atoms. The Morgan fingerprint density at radius 3 is 2.27 bits per heavy atom. The number of carbonyl (C=O) groups is 3. The highest BCUT2D eigenvalue weighted by Crippen LogP contribution is 2.36. The molecule has 0 aliphatic carbocycles. The summed E-state index contributed by atoms with van der Waals surface area (Å²) < 4.78 is 0. The third-order valence-corrected chi connectivity index (χ3v) is 10.2. The van der Waals surface area contributed by atoms with Gasteiger partial charge in [0.25, 0.3) is 0 Å². The van der Waals surface area contributed by atoms with Crippen molar-refractivity contribution in [2.45, 2.75) is 69.1 Å². The zero-order valence-corrected chi connectivity index (χ0v) is 23.9. The molecular weight excluding hydrogens is 506 g/mol. The van der Waals surface area contributed by atoms with Crippen LogP contribution in [0.25, 0.3) is 0 Å². The highest BCUT2D eigenvalue weighted by atomic mass is 16.2. The Labute approximate surface area is 238 Å². The summed E-state index contributed by atoms with van der Waals surface area (Å²) in [5, 5.41) is 6.15. The molecule has 2 atom stereocenters. The monoisotopic (exact) mass is 551 g/mol. The summed E-state index contributed by atoms with van der Waals surface area (Å²) in [6.07, 6.45) is 7.51. The number of para-hydroxylation sites is 1. The Hall–Kier alpha value is -2.85. The second-order valence-corrected chi connectivity index (χ2v) is 12.3. The third kappa shape index (κ3) is 5.79. The smallest absolute Gasteiger partial charge is 0.317 e. The van der Waals surface area contributed by atoms with Gasteiger partial charge in [-0.15, -0.1) is 0 Å². The number of rotatable bonds is 4. The summed E-state index contributed by atoms with van der Waals surface area (Å²) in [7, 11) is 2.28. The third-order valence-electron chi connectivity index (χ3n) is 10.2. The zero-order valence-electron chi connectivity index (χ0n) is 23.9. The van der Waals surface area contributed by atoms with Gasteiger partial charge < -0.3 is 30.2 Å². The van der Waals surface area contributed by atoms with Crippen molar-refractivity contribution in [1.82, 2.24) is 29.8 Å². The lowest BCUT2D eigenvalue weighted by Crippen LogP contribution is -2.57. The number of likely N-dealkylation sites (tertiary alicyclic amines) is 1. The minimum Gasteiger partial charge on any atom is -0.376 e. The number of hydrogen-bond acceptors (Lipinski definition) is 6. The van der Waals surface area contributed by atoms with E-state index in [1.54, 1.807) is 4.90 Å². The Balaban J connectivity index is 0.912. The molecule has 0 radical (unpaired) electrons. The molecule has 218 valence electrons. The lowest BCUT2D eigenvalue weighted by Gasteiger charge is -2.45. The Morgan fingerprint density at radius 1 is 0.850 bits per heavy atom. The van der Waals surface area contributed by atoms with Crippen molar-refractivity contribution in [2.24, 2.45) is 0 Å². The molecule has 4 saturated heterocycles. The van der Waals surface area contributed by atoms with E-state index in [2.05, 4.69) is 33.5 Å². The van der Waals surface area contributed by atoms with Gasteiger partial charge in [-0.3, -0.25) is 14.5 Å². The molecule has 0 aromatic heterocycles. The van der Waals surface area contributed by atoms with E-state index in [4.69, 9.17) is 0 Å². The summed E-state index contributed by atoms with van der Waals surface area (Å²) in [6, 6.07) is 10.2. The molecule has 4 fully saturated rings. The number of fused-ring (bicyclic) bond motifs is 3. The first-order valence-electron chi connectivity index (χ1n) is 15.3. The molecule has 2 unspecified atom stereocenters. The number of hydrogen-bond donors (Lipinski definition) is 2. The van der Waals surface area contributed by atoms with Crippen LogP contribution in [0.4, 0.5) is 10.5 Å². The van der Waals surface area contributed by atoms with E-state index in [0.29, 0.717) is 32.2 Å². The summed E-state index contributed by atoms with van der Waals surface area (Å²) in [5.74, 6) is 0.122. The van der Waals surface area contributed by atoms with Gasteiger partial charge in [0.2, 0.25) is 11.8 Å². The predicted molar refractivity (Wildman–Crippen MR) is 154 cm³/mol. The molecule has 2 N–H and O–H groups in total. The zero-order chi connectivity index (χ0) is 27.6. The van der Waals surface area contributed by atoms with Gasteiger partial charge in [-0.05, 0) is 63.6 Å². The van der Waals surface area contributed by atoms with Crippen LogP contribution in [-0.2, 0) is 16.0 Å².